The molecule has 1 atom stereocenters. The average Bonchev–Trinajstić information content (AvgIpc) is 3.17. The van der Waals surface area contributed by atoms with Crippen molar-refractivity contribution in [1.29, 1.82) is 0 Å². The van der Waals surface area contributed by atoms with Gasteiger partial charge in [0, 0.05) is 16.0 Å². The molecule has 0 fully saturated rings. The molecule has 4 rings (SSSR count). The molecule has 8 heteroatoms. The topological polar surface area (TPSA) is 64.4 Å². The largest absolute Gasteiger partial charge is 0.389 e. The van der Waals surface area contributed by atoms with E-state index in [2.05, 4.69) is 4.98 Å². The summed E-state index contributed by atoms with van der Waals surface area (Å²) in [7, 11) is 0. The van der Waals surface area contributed by atoms with Crippen LogP contribution < -0.4 is 5.56 Å². The van der Waals surface area contributed by atoms with Crippen molar-refractivity contribution in [3.8, 4) is 11.1 Å². The molecule has 0 amide bonds. The number of nitrogens with zero attached hydrogens (tertiary/aromatic N) is 2. The predicted octanol–water partition coefficient (Wildman–Crippen LogP) is 4.50. The molecule has 4 aromatic rings. The molecular weight excluding hydrogens is 427 g/mol. The van der Waals surface area contributed by atoms with Crippen molar-refractivity contribution in [3.63, 3.8) is 0 Å². The van der Waals surface area contributed by atoms with Crippen molar-refractivity contribution in [2.75, 3.05) is 6.61 Å². The molecule has 0 radical (unpaired) electrons. The van der Waals surface area contributed by atoms with E-state index in [-0.39, 0.29) is 24.5 Å². The van der Waals surface area contributed by atoms with Gasteiger partial charge in [0.1, 0.15) is 10.6 Å². The summed E-state index contributed by atoms with van der Waals surface area (Å²) >= 11 is 7.21. The van der Waals surface area contributed by atoms with Crippen LogP contribution in [-0.2, 0) is 17.9 Å². The van der Waals surface area contributed by atoms with E-state index in [0.29, 0.717) is 27.4 Å². The van der Waals surface area contributed by atoms with Crippen molar-refractivity contribution >= 4 is 33.2 Å². The molecular formula is C22H18ClFN2O3S. The Morgan fingerprint density at radius 3 is 2.63 bits per heavy atom. The van der Waals surface area contributed by atoms with Gasteiger partial charge in [0.2, 0.25) is 0 Å². The van der Waals surface area contributed by atoms with Crippen molar-refractivity contribution in [3.05, 3.63) is 87.0 Å². The minimum absolute atomic E-state index is 0.0566. The van der Waals surface area contributed by atoms with Gasteiger partial charge < -0.3 is 9.84 Å². The normalized spacial score (nSPS) is 12.4. The Morgan fingerprint density at radius 2 is 1.90 bits per heavy atom. The van der Waals surface area contributed by atoms with Gasteiger partial charge in [-0.25, -0.2) is 9.37 Å². The third-order valence-corrected chi connectivity index (χ3v) is 5.75. The number of aromatic nitrogens is 2. The maximum atomic E-state index is 13.2. The van der Waals surface area contributed by atoms with E-state index in [1.165, 1.54) is 34.4 Å². The Morgan fingerprint density at radius 1 is 1.17 bits per heavy atom. The van der Waals surface area contributed by atoms with Gasteiger partial charge in [-0.1, -0.05) is 35.9 Å². The fourth-order valence-electron chi connectivity index (χ4n) is 3.11. The molecule has 0 aliphatic rings. The second-order valence-corrected chi connectivity index (χ2v) is 8.13. The van der Waals surface area contributed by atoms with Crippen molar-refractivity contribution < 1.29 is 14.2 Å². The molecule has 2 aromatic carbocycles. The fourth-order valence-corrected chi connectivity index (χ4v) is 4.15. The summed E-state index contributed by atoms with van der Waals surface area (Å²) in [6.45, 7) is 0.461. The number of benzene rings is 2. The fraction of sp³-hybridized carbons (Fsp3) is 0.182. The highest BCUT2D eigenvalue weighted by Crippen LogP contribution is 2.30. The summed E-state index contributed by atoms with van der Waals surface area (Å²) < 4.78 is 20.2. The number of hydrogen-bond donors (Lipinski definition) is 1. The zero-order valence-electron chi connectivity index (χ0n) is 15.8. The summed E-state index contributed by atoms with van der Waals surface area (Å²) in [5.41, 5.74) is 2.13. The number of hydrogen-bond acceptors (Lipinski definition) is 5. The number of ether oxygens (including phenoxy) is 1. The molecule has 2 heterocycles. The van der Waals surface area contributed by atoms with Crippen molar-refractivity contribution in [2.45, 2.75) is 19.3 Å². The maximum absolute atomic E-state index is 13.2. The lowest BCUT2D eigenvalue weighted by molar-refractivity contribution is 0.0198. The smallest absolute Gasteiger partial charge is 0.262 e. The molecule has 0 spiro atoms. The minimum Gasteiger partial charge on any atom is -0.389 e. The van der Waals surface area contributed by atoms with Crippen molar-refractivity contribution in [2.24, 2.45) is 0 Å². The third-order valence-electron chi connectivity index (χ3n) is 4.62. The molecule has 0 saturated carbocycles. The minimum atomic E-state index is -0.873. The van der Waals surface area contributed by atoms with Crippen LogP contribution in [-0.4, -0.2) is 27.4 Å². The van der Waals surface area contributed by atoms with Gasteiger partial charge in [0.15, 0.2) is 0 Å². The molecule has 5 nitrogen and oxygen atoms in total. The van der Waals surface area contributed by atoms with Gasteiger partial charge in [-0.2, -0.15) is 0 Å². The third kappa shape index (κ3) is 4.60. The first-order valence-corrected chi connectivity index (χ1v) is 10.5. The monoisotopic (exact) mass is 444 g/mol. The van der Waals surface area contributed by atoms with Crippen molar-refractivity contribution in [1.82, 2.24) is 9.55 Å². The summed E-state index contributed by atoms with van der Waals surface area (Å²) in [6.07, 6.45) is 0.556. The molecule has 0 bridgehead atoms. The quantitative estimate of drug-likeness (QED) is 0.456. The van der Waals surface area contributed by atoms with Crippen LogP contribution in [0.4, 0.5) is 4.39 Å². The maximum Gasteiger partial charge on any atom is 0.262 e. The lowest BCUT2D eigenvalue weighted by atomic mass is 10.1. The van der Waals surface area contributed by atoms with E-state index in [0.717, 1.165) is 11.1 Å². The molecule has 154 valence electrons. The van der Waals surface area contributed by atoms with Crippen LogP contribution in [0.5, 0.6) is 0 Å². The highest BCUT2D eigenvalue weighted by molar-refractivity contribution is 7.17. The van der Waals surface area contributed by atoms with Gasteiger partial charge >= 0.3 is 0 Å². The number of thiophene rings is 1. The van der Waals surface area contributed by atoms with Gasteiger partial charge in [0.25, 0.3) is 5.56 Å². The Kier molecular flexibility index (Phi) is 6.24. The highest BCUT2D eigenvalue weighted by Gasteiger charge is 2.15. The van der Waals surface area contributed by atoms with Crippen LogP contribution in [0.15, 0.2) is 65.0 Å². The summed E-state index contributed by atoms with van der Waals surface area (Å²) in [4.78, 5) is 17.9. The molecule has 1 N–H and O–H groups in total. The lowest BCUT2D eigenvalue weighted by Crippen LogP contribution is -2.29. The Hall–Kier alpha value is -2.58. The molecule has 30 heavy (non-hydrogen) atoms. The Labute approximate surface area is 181 Å². The standard InChI is InChI=1S/C22H18ClFN2O3S/c23-16-5-1-14(2-6-16)10-29-11-18(27)9-26-13-25-21-20(22(26)28)19(12-30-21)15-3-7-17(24)8-4-15/h1-8,12-13,18,27H,9-11H2. The summed E-state index contributed by atoms with van der Waals surface area (Å²) in [5, 5.41) is 13.3. The zero-order chi connectivity index (χ0) is 21.1. The first-order chi connectivity index (χ1) is 14.5. The molecule has 2 aromatic heterocycles. The molecule has 0 saturated heterocycles. The predicted molar refractivity (Wildman–Crippen MR) is 116 cm³/mol. The van der Waals surface area contributed by atoms with E-state index in [4.69, 9.17) is 16.3 Å². The first-order valence-electron chi connectivity index (χ1n) is 9.24. The Bertz CT molecular complexity index is 1210. The number of fused-ring (bicyclic) bond motifs is 1. The van der Waals surface area contributed by atoms with Crippen LogP contribution in [0.25, 0.3) is 21.3 Å². The number of aliphatic hydroxyl groups is 1. The van der Waals surface area contributed by atoms with Gasteiger partial charge in [-0.15, -0.1) is 11.3 Å². The van der Waals surface area contributed by atoms with E-state index in [9.17, 15) is 14.3 Å². The molecule has 1 unspecified atom stereocenters. The van der Waals surface area contributed by atoms with E-state index < -0.39 is 6.10 Å². The second-order valence-electron chi connectivity index (χ2n) is 6.83. The first kappa shape index (κ1) is 20.7. The van der Waals surface area contributed by atoms with Crippen LogP contribution >= 0.6 is 22.9 Å². The van der Waals surface area contributed by atoms with Crippen LogP contribution in [0, 0.1) is 5.82 Å². The van der Waals surface area contributed by atoms with Crippen LogP contribution in [0.1, 0.15) is 5.56 Å². The molecule has 0 aliphatic carbocycles. The van der Waals surface area contributed by atoms with E-state index in [1.54, 1.807) is 24.3 Å². The van der Waals surface area contributed by atoms with Gasteiger partial charge in [0.05, 0.1) is 37.6 Å². The van der Waals surface area contributed by atoms with Crippen LogP contribution in [0.3, 0.4) is 0 Å². The van der Waals surface area contributed by atoms with Gasteiger partial charge in [-0.05, 0) is 35.4 Å². The summed E-state index contributed by atoms with van der Waals surface area (Å²) in [6, 6.07) is 13.2. The number of aliphatic hydroxyl groups excluding tert-OH is 1. The lowest BCUT2D eigenvalue weighted by Gasteiger charge is -2.13. The zero-order valence-corrected chi connectivity index (χ0v) is 17.4. The number of rotatable bonds is 7. The average molecular weight is 445 g/mol. The summed E-state index contributed by atoms with van der Waals surface area (Å²) in [5.74, 6) is -0.337. The Balaban J connectivity index is 1.48. The van der Waals surface area contributed by atoms with E-state index >= 15 is 0 Å². The SMILES string of the molecule is O=c1c2c(-c3ccc(F)cc3)csc2ncn1CC(O)COCc1ccc(Cl)cc1. The second kappa shape index (κ2) is 9.06. The molecule has 0 aliphatic heterocycles. The van der Waals surface area contributed by atoms with Gasteiger partial charge in [-0.3, -0.25) is 9.36 Å². The number of halogens is 2. The van der Waals surface area contributed by atoms with Crippen LogP contribution in [0.2, 0.25) is 5.02 Å². The highest BCUT2D eigenvalue weighted by atomic mass is 35.5. The van der Waals surface area contributed by atoms with E-state index in [1.807, 2.05) is 17.5 Å².